The Morgan fingerprint density at radius 2 is 1.92 bits per heavy atom. The lowest BCUT2D eigenvalue weighted by Gasteiger charge is -2.11. The van der Waals surface area contributed by atoms with Crippen LogP contribution in [0.25, 0.3) is 11.0 Å². The lowest BCUT2D eigenvalue weighted by atomic mass is 9.97. The molecule has 0 atom stereocenters. The van der Waals surface area contributed by atoms with Crippen LogP contribution in [-0.2, 0) is 11.2 Å². The molecule has 0 bridgehead atoms. The summed E-state index contributed by atoms with van der Waals surface area (Å²) in [7, 11) is 0. The smallest absolute Gasteiger partial charge is 0.351 e. The van der Waals surface area contributed by atoms with Crippen molar-refractivity contribution < 1.29 is 19.1 Å². The molecule has 3 aromatic rings. The van der Waals surface area contributed by atoms with E-state index in [1.165, 1.54) is 12.1 Å². The van der Waals surface area contributed by atoms with Gasteiger partial charge >= 0.3 is 11.6 Å². The standard InChI is InChI=1S/C19H16O5/c1-2-23-18(21)17-15(10-12-6-4-3-5-7-12)14-9-8-13(20)11-16(14)24-19(17)22/h3-9,11,20H,2,10H2,1H3. The van der Waals surface area contributed by atoms with Gasteiger partial charge in [0.15, 0.2) is 0 Å². The zero-order valence-corrected chi connectivity index (χ0v) is 13.1. The maximum absolute atomic E-state index is 12.3. The minimum absolute atomic E-state index is 0.0137. The van der Waals surface area contributed by atoms with E-state index in [1.807, 2.05) is 30.3 Å². The highest BCUT2D eigenvalue weighted by Crippen LogP contribution is 2.26. The minimum atomic E-state index is -0.766. The van der Waals surface area contributed by atoms with E-state index in [-0.39, 0.29) is 23.5 Å². The van der Waals surface area contributed by atoms with Crippen LogP contribution in [0, 0.1) is 0 Å². The van der Waals surface area contributed by atoms with Crippen molar-refractivity contribution in [1.29, 1.82) is 0 Å². The molecular weight excluding hydrogens is 308 g/mol. The summed E-state index contributed by atoms with van der Waals surface area (Å²) in [5.41, 5.74) is 0.851. The topological polar surface area (TPSA) is 76.7 Å². The van der Waals surface area contributed by atoms with Crippen molar-refractivity contribution in [2.75, 3.05) is 6.61 Å². The Hall–Kier alpha value is -3.08. The zero-order chi connectivity index (χ0) is 17.1. The van der Waals surface area contributed by atoms with Gasteiger partial charge in [-0.25, -0.2) is 9.59 Å². The van der Waals surface area contributed by atoms with Gasteiger partial charge in [0, 0.05) is 11.5 Å². The molecular formula is C19H16O5. The average Bonchev–Trinajstić information content (AvgIpc) is 2.55. The third-order valence-electron chi connectivity index (χ3n) is 3.70. The number of rotatable bonds is 4. The van der Waals surface area contributed by atoms with Crippen molar-refractivity contribution in [3.05, 3.63) is 75.6 Å². The number of fused-ring (bicyclic) bond motifs is 1. The Morgan fingerprint density at radius 1 is 1.17 bits per heavy atom. The maximum atomic E-state index is 12.3. The number of aromatic hydroxyl groups is 1. The van der Waals surface area contributed by atoms with E-state index in [4.69, 9.17) is 9.15 Å². The third kappa shape index (κ3) is 3.01. The van der Waals surface area contributed by atoms with Crippen LogP contribution in [0.15, 0.2) is 57.7 Å². The fraction of sp³-hybridized carbons (Fsp3) is 0.158. The van der Waals surface area contributed by atoms with Gasteiger partial charge in [-0.2, -0.15) is 0 Å². The van der Waals surface area contributed by atoms with E-state index in [2.05, 4.69) is 0 Å². The van der Waals surface area contributed by atoms with Crippen LogP contribution < -0.4 is 5.63 Å². The van der Waals surface area contributed by atoms with Gasteiger partial charge in [0.2, 0.25) is 0 Å². The molecule has 0 aliphatic rings. The molecule has 0 radical (unpaired) electrons. The summed E-state index contributed by atoms with van der Waals surface area (Å²) in [5.74, 6) is -0.715. The molecule has 0 fully saturated rings. The van der Waals surface area contributed by atoms with Crippen LogP contribution in [0.3, 0.4) is 0 Å². The van der Waals surface area contributed by atoms with Gasteiger partial charge in [-0.15, -0.1) is 0 Å². The second-order valence-electron chi connectivity index (χ2n) is 5.31. The summed E-state index contributed by atoms with van der Waals surface area (Å²) < 4.78 is 10.2. The highest BCUT2D eigenvalue weighted by Gasteiger charge is 2.22. The number of carbonyl (C=O) groups excluding carboxylic acids is 1. The molecule has 1 N–H and O–H groups in total. The van der Waals surface area contributed by atoms with Crippen molar-refractivity contribution in [2.45, 2.75) is 13.3 Å². The van der Waals surface area contributed by atoms with Gasteiger partial charge in [-0.05, 0) is 36.6 Å². The van der Waals surface area contributed by atoms with E-state index in [0.717, 1.165) is 5.56 Å². The first-order valence-corrected chi connectivity index (χ1v) is 7.60. The molecule has 2 aromatic carbocycles. The summed E-state index contributed by atoms with van der Waals surface area (Å²) in [6, 6.07) is 14.0. The number of phenols is 1. The first-order valence-electron chi connectivity index (χ1n) is 7.60. The van der Waals surface area contributed by atoms with Crippen LogP contribution in [0.5, 0.6) is 5.75 Å². The molecule has 1 heterocycles. The first kappa shape index (κ1) is 15.8. The molecule has 24 heavy (non-hydrogen) atoms. The van der Waals surface area contributed by atoms with Crippen LogP contribution in [0.1, 0.15) is 28.4 Å². The van der Waals surface area contributed by atoms with Gasteiger partial charge in [0.05, 0.1) is 6.61 Å². The van der Waals surface area contributed by atoms with Crippen molar-refractivity contribution in [3.63, 3.8) is 0 Å². The Kier molecular flexibility index (Phi) is 4.33. The number of ether oxygens (including phenoxy) is 1. The number of benzene rings is 2. The fourth-order valence-electron chi connectivity index (χ4n) is 2.65. The van der Waals surface area contributed by atoms with E-state index < -0.39 is 11.6 Å². The van der Waals surface area contributed by atoms with Crippen LogP contribution >= 0.6 is 0 Å². The van der Waals surface area contributed by atoms with Gasteiger partial charge in [0.1, 0.15) is 16.9 Å². The lowest BCUT2D eigenvalue weighted by molar-refractivity contribution is 0.0520. The number of carbonyl (C=O) groups is 1. The van der Waals surface area contributed by atoms with Crippen molar-refractivity contribution in [2.24, 2.45) is 0 Å². The quantitative estimate of drug-likeness (QED) is 0.589. The molecule has 0 spiro atoms. The van der Waals surface area contributed by atoms with Gasteiger partial charge in [-0.1, -0.05) is 30.3 Å². The maximum Gasteiger partial charge on any atom is 0.351 e. The number of hydrogen-bond donors (Lipinski definition) is 1. The average molecular weight is 324 g/mol. The molecule has 0 aliphatic carbocycles. The van der Waals surface area contributed by atoms with Crippen molar-refractivity contribution >= 4 is 16.9 Å². The van der Waals surface area contributed by atoms with Gasteiger partial charge in [-0.3, -0.25) is 0 Å². The summed E-state index contributed by atoms with van der Waals surface area (Å²) in [6.45, 7) is 1.84. The summed E-state index contributed by atoms with van der Waals surface area (Å²) in [4.78, 5) is 24.6. The molecule has 0 saturated heterocycles. The van der Waals surface area contributed by atoms with E-state index in [0.29, 0.717) is 17.4 Å². The van der Waals surface area contributed by atoms with Gasteiger partial charge < -0.3 is 14.3 Å². The van der Waals surface area contributed by atoms with Crippen molar-refractivity contribution in [1.82, 2.24) is 0 Å². The van der Waals surface area contributed by atoms with E-state index >= 15 is 0 Å². The first-order chi connectivity index (χ1) is 11.6. The molecule has 3 rings (SSSR count). The van der Waals surface area contributed by atoms with Crippen LogP contribution in [-0.4, -0.2) is 17.7 Å². The predicted octanol–water partition coefficient (Wildman–Crippen LogP) is 3.27. The van der Waals surface area contributed by atoms with Crippen LogP contribution in [0.4, 0.5) is 0 Å². The molecule has 0 saturated carbocycles. The SMILES string of the molecule is CCOC(=O)c1c(Cc2ccccc2)c2ccc(O)cc2oc1=O. The third-order valence-corrected chi connectivity index (χ3v) is 3.70. The Labute approximate surface area is 138 Å². The number of hydrogen-bond acceptors (Lipinski definition) is 5. The largest absolute Gasteiger partial charge is 0.508 e. The molecule has 5 nitrogen and oxygen atoms in total. The highest BCUT2D eigenvalue weighted by molar-refractivity contribution is 5.96. The Bertz CT molecular complexity index is 941. The second kappa shape index (κ2) is 6.58. The lowest BCUT2D eigenvalue weighted by Crippen LogP contribution is -2.20. The van der Waals surface area contributed by atoms with Crippen LogP contribution in [0.2, 0.25) is 0 Å². The molecule has 0 amide bonds. The summed E-state index contributed by atoms with van der Waals surface area (Å²) in [6.07, 6.45) is 0.377. The van der Waals surface area contributed by atoms with E-state index in [1.54, 1.807) is 13.0 Å². The Morgan fingerprint density at radius 3 is 2.62 bits per heavy atom. The fourth-order valence-corrected chi connectivity index (χ4v) is 2.65. The minimum Gasteiger partial charge on any atom is -0.508 e. The molecule has 1 aromatic heterocycles. The zero-order valence-electron chi connectivity index (χ0n) is 13.1. The predicted molar refractivity (Wildman–Crippen MR) is 89.4 cm³/mol. The number of phenolic OH excluding ortho intramolecular Hbond substituents is 1. The molecule has 5 heteroatoms. The monoisotopic (exact) mass is 324 g/mol. The highest BCUT2D eigenvalue weighted by atomic mass is 16.5. The van der Waals surface area contributed by atoms with E-state index in [9.17, 15) is 14.7 Å². The van der Waals surface area contributed by atoms with Crippen molar-refractivity contribution in [3.8, 4) is 5.75 Å². The summed E-state index contributed by atoms with van der Waals surface area (Å²) >= 11 is 0. The normalized spacial score (nSPS) is 10.7. The molecule has 0 aliphatic heterocycles. The molecule has 0 unspecified atom stereocenters. The number of esters is 1. The van der Waals surface area contributed by atoms with Gasteiger partial charge in [0.25, 0.3) is 0 Å². The summed E-state index contributed by atoms with van der Waals surface area (Å²) in [5, 5.41) is 10.2. The Balaban J connectivity index is 2.26. The molecule has 122 valence electrons. The second-order valence-corrected chi connectivity index (χ2v) is 5.31.